The van der Waals surface area contributed by atoms with E-state index in [0.29, 0.717) is 30.1 Å². The Hall–Kier alpha value is -2.70. The largest absolute Gasteiger partial charge is 0.328 e. The first kappa shape index (κ1) is 20.6. The molecule has 0 fully saturated rings. The Bertz CT molecular complexity index is 841. The summed E-state index contributed by atoms with van der Waals surface area (Å²) in [6.07, 6.45) is 2.98. The van der Waals surface area contributed by atoms with Gasteiger partial charge in [-0.25, -0.2) is 0 Å². The monoisotopic (exact) mass is 369 g/mol. The molecule has 6 nitrogen and oxygen atoms in total. The summed E-state index contributed by atoms with van der Waals surface area (Å²) >= 11 is 0. The number of carbonyl (C=O) groups excluding carboxylic acids is 2. The molecule has 0 saturated carbocycles. The fourth-order valence-corrected chi connectivity index (χ4v) is 3.08. The van der Waals surface area contributed by atoms with E-state index in [1.807, 2.05) is 19.1 Å². The molecule has 0 aliphatic heterocycles. The van der Waals surface area contributed by atoms with Crippen molar-refractivity contribution in [1.82, 2.24) is 10.8 Å². The van der Waals surface area contributed by atoms with E-state index in [4.69, 9.17) is 0 Å². The highest BCUT2D eigenvalue weighted by molar-refractivity contribution is 5.98. The molecule has 2 amide bonds. The van der Waals surface area contributed by atoms with Crippen molar-refractivity contribution in [3.8, 4) is 11.1 Å². The zero-order chi connectivity index (χ0) is 20.2. The van der Waals surface area contributed by atoms with Gasteiger partial charge in [-0.3, -0.25) is 9.59 Å². The van der Waals surface area contributed by atoms with E-state index < -0.39 is 5.54 Å². The van der Waals surface area contributed by atoms with Crippen LogP contribution < -0.4 is 16.1 Å². The topological polar surface area (TPSA) is 90.5 Å². The number of aryl methyl sites for hydroxylation is 1. The van der Waals surface area contributed by atoms with Crippen LogP contribution in [-0.4, -0.2) is 23.6 Å². The van der Waals surface area contributed by atoms with E-state index in [-0.39, 0.29) is 0 Å². The minimum absolute atomic E-state index is 0.312. The average molecular weight is 369 g/mol. The Morgan fingerprint density at radius 2 is 1.85 bits per heavy atom. The summed E-state index contributed by atoms with van der Waals surface area (Å²) in [5.41, 5.74) is 7.43. The van der Waals surface area contributed by atoms with Gasteiger partial charge in [-0.05, 0) is 55.5 Å². The second-order valence-corrected chi connectivity index (χ2v) is 7.49. The number of rotatable bonds is 8. The third-order valence-electron chi connectivity index (χ3n) is 4.53. The molecule has 2 aliphatic carbocycles. The predicted molar refractivity (Wildman–Crippen MR) is 108 cm³/mol. The Balaban J connectivity index is 2.83. The van der Waals surface area contributed by atoms with Crippen LogP contribution in [0.1, 0.15) is 50.3 Å². The molecule has 0 atom stereocenters. The lowest BCUT2D eigenvalue weighted by Crippen LogP contribution is -2.35. The van der Waals surface area contributed by atoms with Gasteiger partial charge in [-0.2, -0.15) is 5.48 Å². The molecule has 0 bridgehead atoms. The summed E-state index contributed by atoms with van der Waals surface area (Å²) in [6, 6.07) is 8.03. The van der Waals surface area contributed by atoms with Crippen molar-refractivity contribution in [2.24, 2.45) is 0 Å². The maximum atomic E-state index is 11.2. The SMILES string of the molecule is Cc1ccc(C(C)C)cc2c(C(=CC(C)(C)NO)NC=O)cc(NC=O)c1-2. The van der Waals surface area contributed by atoms with Crippen LogP contribution in [0.25, 0.3) is 16.8 Å². The van der Waals surface area contributed by atoms with Gasteiger partial charge >= 0.3 is 0 Å². The molecule has 144 valence electrons. The summed E-state index contributed by atoms with van der Waals surface area (Å²) in [6.45, 7) is 9.77. The van der Waals surface area contributed by atoms with E-state index in [2.05, 4.69) is 42.1 Å². The molecular formula is C21H27N3O3. The highest BCUT2D eigenvalue weighted by atomic mass is 16.5. The molecule has 6 heteroatoms. The van der Waals surface area contributed by atoms with E-state index in [1.165, 1.54) is 0 Å². The predicted octanol–water partition coefficient (Wildman–Crippen LogP) is 3.64. The van der Waals surface area contributed by atoms with Gasteiger partial charge in [0.05, 0.1) is 5.54 Å². The normalized spacial score (nSPS) is 12.3. The van der Waals surface area contributed by atoms with E-state index >= 15 is 0 Å². The van der Waals surface area contributed by atoms with Crippen molar-refractivity contribution < 1.29 is 14.8 Å². The van der Waals surface area contributed by atoms with Gasteiger partial charge in [-0.15, -0.1) is 0 Å². The first-order chi connectivity index (χ1) is 12.7. The maximum absolute atomic E-state index is 11.2. The minimum Gasteiger partial charge on any atom is -0.328 e. The van der Waals surface area contributed by atoms with Crippen molar-refractivity contribution in [1.29, 1.82) is 0 Å². The zero-order valence-corrected chi connectivity index (χ0v) is 16.4. The summed E-state index contributed by atoms with van der Waals surface area (Å²) in [5.74, 6) is 0.312. The lowest BCUT2D eigenvalue weighted by molar-refractivity contribution is -0.108. The minimum atomic E-state index is -0.764. The molecule has 0 aromatic carbocycles. The molecule has 0 radical (unpaired) electrons. The molecule has 0 aromatic heterocycles. The van der Waals surface area contributed by atoms with Crippen LogP contribution in [0.3, 0.4) is 0 Å². The number of nitrogens with one attached hydrogen (secondary N) is 3. The Morgan fingerprint density at radius 1 is 1.15 bits per heavy atom. The summed E-state index contributed by atoms with van der Waals surface area (Å²) < 4.78 is 0. The fraction of sp³-hybridized carbons (Fsp3) is 0.333. The van der Waals surface area contributed by atoms with Crippen molar-refractivity contribution in [3.05, 3.63) is 47.0 Å². The van der Waals surface area contributed by atoms with E-state index in [1.54, 1.807) is 19.9 Å². The lowest BCUT2D eigenvalue weighted by atomic mass is 9.97. The Morgan fingerprint density at radius 3 is 2.41 bits per heavy atom. The fourth-order valence-electron chi connectivity index (χ4n) is 3.08. The van der Waals surface area contributed by atoms with Gasteiger partial charge in [0.15, 0.2) is 0 Å². The van der Waals surface area contributed by atoms with E-state index in [0.717, 1.165) is 27.8 Å². The summed E-state index contributed by atoms with van der Waals surface area (Å²) in [4.78, 5) is 22.4. The standard InChI is InChI=1S/C21H27N3O3/c1-13(2)15-7-6-14(3)20-17(8-15)16(9-18(20)22-11-25)19(23-12-26)10-21(4,5)24-27/h6-13,24,27H,1-5H3,(H,22,25)(H,23,26). The molecule has 0 spiro atoms. The number of hydrogen-bond donors (Lipinski definition) is 4. The molecule has 0 aromatic rings. The Labute approximate surface area is 160 Å². The summed E-state index contributed by atoms with van der Waals surface area (Å²) in [7, 11) is 0. The molecule has 2 aliphatic rings. The smallest absolute Gasteiger partial charge is 0.211 e. The lowest BCUT2D eigenvalue weighted by Gasteiger charge is -2.20. The quantitative estimate of drug-likeness (QED) is 0.422. The molecule has 0 heterocycles. The van der Waals surface area contributed by atoms with Crippen molar-refractivity contribution in [3.63, 3.8) is 0 Å². The van der Waals surface area contributed by atoms with Crippen LogP contribution in [0.15, 0.2) is 30.3 Å². The molecule has 0 unspecified atom stereocenters. The third-order valence-corrected chi connectivity index (χ3v) is 4.53. The first-order valence-electron chi connectivity index (χ1n) is 8.86. The third kappa shape index (κ3) is 4.53. The van der Waals surface area contributed by atoms with Gasteiger partial charge in [0, 0.05) is 22.5 Å². The number of hydroxylamine groups is 1. The van der Waals surface area contributed by atoms with Gasteiger partial charge in [-0.1, -0.05) is 32.0 Å². The highest BCUT2D eigenvalue weighted by Gasteiger charge is 2.23. The van der Waals surface area contributed by atoms with Crippen LogP contribution >= 0.6 is 0 Å². The van der Waals surface area contributed by atoms with Crippen LogP contribution in [-0.2, 0) is 9.59 Å². The molecule has 0 saturated heterocycles. The second-order valence-electron chi connectivity index (χ2n) is 7.49. The van der Waals surface area contributed by atoms with Gasteiger partial charge in [0.25, 0.3) is 0 Å². The van der Waals surface area contributed by atoms with Gasteiger partial charge < -0.3 is 15.8 Å². The zero-order valence-electron chi connectivity index (χ0n) is 16.4. The Kier molecular flexibility index (Phi) is 6.36. The first-order valence-corrected chi connectivity index (χ1v) is 8.86. The van der Waals surface area contributed by atoms with Crippen molar-refractivity contribution in [2.45, 2.75) is 46.1 Å². The number of hydrogen-bond acceptors (Lipinski definition) is 4. The second kappa shape index (κ2) is 8.33. The van der Waals surface area contributed by atoms with Crippen molar-refractivity contribution >= 4 is 24.2 Å². The average Bonchev–Trinajstić information content (AvgIpc) is 2.86. The van der Waals surface area contributed by atoms with E-state index in [9.17, 15) is 14.8 Å². The molecule has 4 N–H and O–H groups in total. The van der Waals surface area contributed by atoms with Crippen LogP contribution in [0.5, 0.6) is 0 Å². The van der Waals surface area contributed by atoms with Gasteiger partial charge in [0.1, 0.15) is 0 Å². The summed E-state index contributed by atoms with van der Waals surface area (Å²) in [5, 5.41) is 14.9. The van der Waals surface area contributed by atoms with Crippen LogP contribution in [0.2, 0.25) is 0 Å². The number of fused-ring (bicyclic) bond motifs is 1. The van der Waals surface area contributed by atoms with Gasteiger partial charge in [0.2, 0.25) is 12.8 Å². The van der Waals surface area contributed by atoms with Crippen molar-refractivity contribution in [2.75, 3.05) is 5.32 Å². The number of anilines is 1. The molecule has 27 heavy (non-hydrogen) atoms. The maximum Gasteiger partial charge on any atom is 0.211 e. The number of amides is 2. The molecule has 2 rings (SSSR count). The molecular weight excluding hydrogens is 342 g/mol. The van der Waals surface area contributed by atoms with Crippen LogP contribution in [0.4, 0.5) is 5.69 Å². The van der Waals surface area contributed by atoms with Crippen LogP contribution in [0, 0.1) is 6.92 Å². The highest BCUT2D eigenvalue weighted by Crippen LogP contribution is 2.42. The number of carbonyl (C=O) groups is 2.